The number of hydrogen-bond donors (Lipinski definition) is 0. The van der Waals surface area contributed by atoms with Crippen LogP contribution in [0.25, 0.3) is 16.6 Å². The van der Waals surface area contributed by atoms with E-state index in [0.29, 0.717) is 39.5 Å². The third-order valence-electron chi connectivity index (χ3n) is 6.52. The number of benzene rings is 4. The van der Waals surface area contributed by atoms with Crippen LogP contribution in [0.2, 0.25) is 5.02 Å². The van der Waals surface area contributed by atoms with Crippen molar-refractivity contribution in [2.45, 2.75) is 26.4 Å². The molecule has 0 fully saturated rings. The van der Waals surface area contributed by atoms with Crippen LogP contribution in [0.1, 0.15) is 40.3 Å². The lowest BCUT2D eigenvalue weighted by molar-refractivity contribution is 0.0664. The van der Waals surface area contributed by atoms with Gasteiger partial charge >= 0.3 is 0 Å². The van der Waals surface area contributed by atoms with Crippen LogP contribution in [0.15, 0.2) is 106 Å². The number of fused-ring (bicyclic) bond motifs is 1. The van der Waals surface area contributed by atoms with E-state index in [1.807, 2.05) is 80.6 Å². The minimum absolute atomic E-state index is 0.168. The average Bonchev–Trinajstić information content (AvgIpc) is 2.92. The predicted octanol–water partition coefficient (Wildman–Crippen LogP) is 7.51. The number of nitrogens with zero attached hydrogens (tertiary/aromatic N) is 3. The Morgan fingerprint density at radius 3 is 2.42 bits per heavy atom. The number of amides is 1. The molecule has 38 heavy (non-hydrogen) atoms. The van der Waals surface area contributed by atoms with Crippen LogP contribution >= 0.6 is 27.5 Å². The van der Waals surface area contributed by atoms with Crippen molar-refractivity contribution in [2.24, 2.45) is 0 Å². The van der Waals surface area contributed by atoms with Gasteiger partial charge in [0.25, 0.3) is 11.5 Å². The third kappa shape index (κ3) is 5.28. The maximum atomic E-state index is 14.0. The van der Waals surface area contributed by atoms with Gasteiger partial charge in [0, 0.05) is 21.6 Å². The van der Waals surface area contributed by atoms with Gasteiger partial charge in [-0.1, -0.05) is 81.6 Å². The molecule has 0 aliphatic heterocycles. The molecule has 0 bridgehead atoms. The monoisotopic (exact) mass is 585 g/mol. The van der Waals surface area contributed by atoms with Crippen molar-refractivity contribution in [3.8, 4) is 5.69 Å². The average molecular weight is 587 g/mol. The van der Waals surface area contributed by atoms with Crippen molar-refractivity contribution in [1.29, 1.82) is 0 Å². The maximum Gasteiger partial charge on any atom is 0.266 e. The zero-order valence-electron chi connectivity index (χ0n) is 20.9. The molecule has 7 heteroatoms. The number of aromatic nitrogens is 2. The van der Waals surface area contributed by atoms with Crippen LogP contribution in [0.4, 0.5) is 0 Å². The number of hydrogen-bond acceptors (Lipinski definition) is 3. The number of halogens is 2. The van der Waals surface area contributed by atoms with E-state index in [2.05, 4.69) is 15.9 Å². The summed E-state index contributed by atoms with van der Waals surface area (Å²) >= 11 is 9.75. The molecule has 0 aliphatic rings. The first-order valence-electron chi connectivity index (χ1n) is 12.2. The van der Waals surface area contributed by atoms with Crippen molar-refractivity contribution in [3.05, 3.63) is 139 Å². The zero-order valence-corrected chi connectivity index (χ0v) is 23.3. The van der Waals surface area contributed by atoms with E-state index < -0.39 is 6.04 Å². The molecule has 190 valence electrons. The molecule has 0 saturated heterocycles. The molecule has 5 nitrogen and oxygen atoms in total. The second-order valence-corrected chi connectivity index (χ2v) is 10.6. The van der Waals surface area contributed by atoms with Gasteiger partial charge in [0.2, 0.25) is 0 Å². The molecular formula is C31H25BrClN3O2. The van der Waals surface area contributed by atoms with Crippen LogP contribution in [0.3, 0.4) is 0 Å². The molecule has 0 N–H and O–H groups in total. The van der Waals surface area contributed by atoms with Gasteiger partial charge in [0.15, 0.2) is 0 Å². The molecule has 1 heterocycles. The van der Waals surface area contributed by atoms with Crippen LogP contribution in [-0.4, -0.2) is 20.4 Å². The van der Waals surface area contributed by atoms with Gasteiger partial charge in [-0.3, -0.25) is 14.2 Å². The Bertz CT molecular complexity index is 1680. The largest absolute Gasteiger partial charge is 0.324 e. The summed E-state index contributed by atoms with van der Waals surface area (Å²) in [5, 5.41) is 0.946. The summed E-state index contributed by atoms with van der Waals surface area (Å²) in [6.07, 6.45) is 0. The van der Waals surface area contributed by atoms with Gasteiger partial charge in [0.1, 0.15) is 5.82 Å². The lowest BCUT2D eigenvalue weighted by atomic mass is 10.1. The lowest BCUT2D eigenvalue weighted by Gasteiger charge is -2.31. The number of carbonyl (C=O) groups is 1. The second-order valence-electron chi connectivity index (χ2n) is 9.21. The Morgan fingerprint density at radius 1 is 0.974 bits per heavy atom. The van der Waals surface area contributed by atoms with E-state index in [9.17, 15) is 9.59 Å². The first-order valence-corrected chi connectivity index (χ1v) is 13.4. The Labute approximate surface area is 234 Å². The molecule has 0 radical (unpaired) electrons. The topological polar surface area (TPSA) is 55.2 Å². The summed E-state index contributed by atoms with van der Waals surface area (Å²) < 4.78 is 2.41. The fraction of sp³-hybridized carbons (Fsp3) is 0.129. The molecule has 1 aromatic heterocycles. The van der Waals surface area contributed by atoms with Crippen molar-refractivity contribution in [1.82, 2.24) is 14.5 Å². The Balaban J connectivity index is 1.72. The van der Waals surface area contributed by atoms with Crippen molar-refractivity contribution in [2.75, 3.05) is 0 Å². The minimum atomic E-state index is -0.556. The molecule has 1 atom stereocenters. The first kappa shape index (κ1) is 25.9. The van der Waals surface area contributed by atoms with Gasteiger partial charge in [-0.15, -0.1) is 0 Å². The third-order valence-corrected chi connectivity index (χ3v) is 7.25. The van der Waals surface area contributed by atoms with Gasteiger partial charge in [-0.2, -0.15) is 0 Å². The fourth-order valence-electron chi connectivity index (χ4n) is 4.49. The van der Waals surface area contributed by atoms with E-state index in [-0.39, 0.29) is 11.5 Å². The highest BCUT2D eigenvalue weighted by Gasteiger charge is 2.28. The van der Waals surface area contributed by atoms with Crippen LogP contribution in [-0.2, 0) is 6.54 Å². The maximum absolute atomic E-state index is 14.0. The molecule has 1 unspecified atom stereocenters. The Kier molecular flexibility index (Phi) is 7.45. The number of rotatable bonds is 6. The van der Waals surface area contributed by atoms with Gasteiger partial charge in [0.05, 0.1) is 22.6 Å². The van der Waals surface area contributed by atoms with Crippen molar-refractivity contribution < 1.29 is 4.79 Å². The molecule has 1 amide bonds. The van der Waals surface area contributed by atoms with E-state index in [4.69, 9.17) is 16.6 Å². The highest BCUT2D eigenvalue weighted by molar-refractivity contribution is 9.10. The quantitative estimate of drug-likeness (QED) is 0.207. The molecule has 5 aromatic rings. The van der Waals surface area contributed by atoms with Gasteiger partial charge in [-0.05, 0) is 67.9 Å². The fourth-order valence-corrected chi connectivity index (χ4v) is 5.06. The van der Waals surface area contributed by atoms with E-state index >= 15 is 0 Å². The lowest BCUT2D eigenvalue weighted by Crippen LogP contribution is -2.37. The molecular weight excluding hydrogens is 562 g/mol. The zero-order chi connectivity index (χ0) is 26.8. The van der Waals surface area contributed by atoms with E-state index in [0.717, 1.165) is 15.6 Å². The normalized spacial score (nSPS) is 11.9. The smallest absolute Gasteiger partial charge is 0.266 e. The minimum Gasteiger partial charge on any atom is -0.324 e. The standard InChI is InChI=1S/C31H25BrClN3O2/c1-20-11-14-26(15-12-20)36-29(34-28-18-25(33)13-16-27(28)31(36)38)21(2)35(19-22-7-4-3-5-8-22)30(37)23-9-6-10-24(32)17-23/h3-18,21H,19H2,1-2H3. The summed E-state index contributed by atoms with van der Waals surface area (Å²) in [5.74, 6) is 0.284. The van der Waals surface area contributed by atoms with Crippen molar-refractivity contribution >= 4 is 44.3 Å². The highest BCUT2D eigenvalue weighted by Crippen LogP contribution is 2.28. The van der Waals surface area contributed by atoms with Crippen molar-refractivity contribution in [3.63, 3.8) is 0 Å². The van der Waals surface area contributed by atoms with E-state index in [1.165, 1.54) is 0 Å². The number of carbonyl (C=O) groups excluding carboxylic acids is 1. The van der Waals surface area contributed by atoms with Crippen LogP contribution in [0.5, 0.6) is 0 Å². The summed E-state index contributed by atoms with van der Waals surface area (Å²) in [4.78, 5) is 34.5. The second kappa shape index (κ2) is 10.9. The highest BCUT2D eigenvalue weighted by atomic mass is 79.9. The van der Waals surface area contributed by atoms with Crippen LogP contribution in [0, 0.1) is 6.92 Å². The SMILES string of the molecule is Cc1ccc(-n2c(C(C)N(Cc3ccccc3)C(=O)c3cccc(Br)c3)nc3cc(Cl)ccc3c2=O)cc1. The predicted molar refractivity (Wildman–Crippen MR) is 156 cm³/mol. The first-order chi connectivity index (χ1) is 18.3. The van der Waals surface area contributed by atoms with E-state index in [1.54, 1.807) is 39.8 Å². The summed E-state index contributed by atoms with van der Waals surface area (Å²) in [7, 11) is 0. The summed E-state index contributed by atoms with van der Waals surface area (Å²) in [6, 6.07) is 29.3. The van der Waals surface area contributed by atoms with Gasteiger partial charge < -0.3 is 4.90 Å². The van der Waals surface area contributed by atoms with Gasteiger partial charge in [-0.25, -0.2) is 4.98 Å². The summed E-state index contributed by atoms with van der Waals surface area (Å²) in [6.45, 7) is 4.24. The Morgan fingerprint density at radius 2 is 1.71 bits per heavy atom. The number of aryl methyl sites for hydroxylation is 1. The summed E-state index contributed by atoms with van der Waals surface area (Å²) in [5.41, 5.74) is 3.54. The molecule has 4 aromatic carbocycles. The Hall–Kier alpha value is -3.74. The van der Waals surface area contributed by atoms with Crippen LogP contribution < -0.4 is 5.56 Å². The molecule has 0 saturated carbocycles. The molecule has 0 spiro atoms. The molecule has 0 aliphatic carbocycles. The molecule has 5 rings (SSSR count).